The maximum atomic E-state index is 11.6. The van der Waals surface area contributed by atoms with E-state index in [0.717, 1.165) is 6.26 Å². The van der Waals surface area contributed by atoms with Gasteiger partial charge in [0.1, 0.15) is 5.54 Å². The SMILES string of the molecule is CS(=O)(=O)c1ccccc1NC(CO)(CO)CO. The largest absolute Gasteiger partial charge is 0.394 e. The van der Waals surface area contributed by atoms with Crippen LogP contribution in [0.5, 0.6) is 0 Å². The van der Waals surface area contributed by atoms with Crippen molar-refractivity contribution in [3.63, 3.8) is 0 Å². The Bertz CT molecular complexity index is 488. The van der Waals surface area contributed by atoms with Gasteiger partial charge in [0, 0.05) is 6.26 Å². The van der Waals surface area contributed by atoms with Gasteiger partial charge in [0.05, 0.1) is 30.4 Å². The van der Waals surface area contributed by atoms with Crippen LogP contribution in [0.15, 0.2) is 29.2 Å². The van der Waals surface area contributed by atoms with Crippen LogP contribution in [0.3, 0.4) is 0 Å². The lowest BCUT2D eigenvalue weighted by Crippen LogP contribution is -2.49. The lowest BCUT2D eigenvalue weighted by molar-refractivity contribution is 0.0832. The number of anilines is 1. The van der Waals surface area contributed by atoms with Gasteiger partial charge in [-0.05, 0) is 12.1 Å². The van der Waals surface area contributed by atoms with Crippen molar-refractivity contribution in [2.75, 3.05) is 31.4 Å². The van der Waals surface area contributed by atoms with E-state index in [4.69, 9.17) is 0 Å². The van der Waals surface area contributed by atoms with Gasteiger partial charge in [-0.25, -0.2) is 8.42 Å². The Hall–Kier alpha value is -1.15. The smallest absolute Gasteiger partial charge is 0.177 e. The first-order valence-corrected chi connectivity index (χ1v) is 7.17. The molecule has 0 saturated heterocycles. The minimum atomic E-state index is -3.44. The maximum Gasteiger partial charge on any atom is 0.177 e. The molecule has 0 saturated carbocycles. The van der Waals surface area contributed by atoms with Gasteiger partial charge in [-0.15, -0.1) is 0 Å². The first-order chi connectivity index (χ1) is 8.38. The molecule has 0 heterocycles. The number of aliphatic hydroxyl groups excluding tert-OH is 3. The number of aliphatic hydroxyl groups is 3. The summed E-state index contributed by atoms with van der Waals surface area (Å²) in [7, 11) is -3.44. The van der Waals surface area contributed by atoms with E-state index in [1.54, 1.807) is 12.1 Å². The van der Waals surface area contributed by atoms with Crippen molar-refractivity contribution in [1.29, 1.82) is 0 Å². The monoisotopic (exact) mass is 275 g/mol. The number of sulfone groups is 1. The number of rotatable bonds is 6. The van der Waals surface area contributed by atoms with E-state index in [2.05, 4.69) is 5.32 Å². The van der Waals surface area contributed by atoms with Crippen molar-refractivity contribution in [3.8, 4) is 0 Å². The zero-order chi connectivity index (χ0) is 13.8. The Morgan fingerprint density at radius 3 is 2.06 bits per heavy atom. The molecule has 7 heteroatoms. The molecule has 18 heavy (non-hydrogen) atoms. The fraction of sp³-hybridized carbons (Fsp3) is 0.455. The Labute approximate surface area is 106 Å². The maximum absolute atomic E-state index is 11.6. The summed E-state index contributed by atoms with van der Waals surface area (Å²) < 4.78 is 23.2. The van der Waals surface area contributed by atoms with Crippen molar-refractivity contribution >= 4 is 15.5 Å². The van der Waals surface area contributed by atoms with Crippen LogP contribution >= 0.6 is 0 Å². The summed E-state index contributed by atoms with van der Waals surface area (Å²) >= 11 is 0. The third-order valence-electron chi connectivity index (χ3n) is 2.59. The molecular weight excluding hydrogens is 258 g/mol. The average molecular weight is 275 g/mol. The predicted octanol–water partition coefficient (Wildman–Crippen LogP) is -0.782. The Morgan fingerprint density at radius 1 is 1.11 bits per heavy atom. The highest BCUT2D eigenvalue weighted by Crippen LogP contribution is 2.24. The molecule has 0 aliphatic carbocycles. The molecule has 0 aromatic heterocycles. The highest BCUT2D eigenvalue weighted by molar-refractivity contribution is 7.90. The van der Waals surface area contributed by atoms with Crippen LogP contribution in [0.2, 0.25) is 0 Å². The zero-order valence-corrected chi connectivity index (χ0v) is 10.8. The predicted molar refractivity (Wildman–Crippen MR) is 67.2 cm³/mol. The molecule has 0 unspecified atom stereocenters. The molecule has 0 amide bonds. The van der Waals surface area contributed by atoms with Crippen LogP contribution in [-0.2, 0) is 9.84 Å². The van der Waals surface area contributed by atoms with Crippen molar-refractivity contribution in [3.05, 3.63) is 24.3 Å². The molecule has 0 spiro atoms. The van der Waals surface area contributed by atoms with Gasteiger partial charge in [-0.3, -0.25) is 0 Å². The summed E-state index contributed by atoms with van der Waals surface area (Å²) in [6, 6.07) is 6.11. The molecule has 6 nitrogen and oxygen atoms in total. The summed E-state index contributed by atoms with van der Waals surface area (Å²) in [5.41, 5.74) is -1.13. The molecule has 0 atom stereocenters. The van der Waals surface area contributed by atoms with Crippen LogP contribution < -0.4 is 5.32 Å². The number of hydrogen-bond donors (Lipinski definition) is 4. The van der Waals surface area contributed by atoms with E-state index in [9.17, 15) is 23.7 Å². The first-order valence-electron chi connectivity index (χ1n) is 5.28. The van der Waals surface area contributed by atoms with E-state index in [1.165, 1.54) is 12.1 Å². The molecular formula is C11H17NO5S. The quantitative estimate of drug-likeness (QED) is 0.542. The molecule has 0 fully saturated rings. The van der Waals surface area contributed by atoms with Gasteiger partial charge in [-0.1, -0.05) is 12.1 Å². The lowest BCUT2D eigenvalue weighted by Gasteiger charge is -2.30. The van der Waals surface area contributed by atoms with Crippen LogP contribution in [0.4, 0.5) is 5.69 Å². The number of hydrogen-bond acceptors (Lipinski definition) is 6. The topological polar surface area (TPSA) is 107 Å². The molecule has 1 aromatic rings. The van der Waals surface area contributed by atoms with E-state index < -0.39 is 35.2 Å². The molecule has 4 N–H and O–H groups in total. The lowest BCUT2D eigenvalue weighted by atomic mass is 10.0. The fourth-order valence-corrected chi connectivity index (χ4v) is 2.29. The van der Waals surface area contributed by atoms with E-state index in [0.29, 0.717) is 0 Å². The second-order valence-electron chi connectivity index (χ2n) is 4.15. The summed E-state index contributed by atoms with van der Waals surface area (Å²) in [6.45, 7) is -1.59. The minimum Gasteiger partial charge on any atom is -0.394 e. The van der Waals surface area contributed by atoms with Gasteiger partial charge in [0.2, 0.25) is 0 Å². The zero-order valence-electron chi connectivity index (χ0n) is 10.00. The third-order valence-corrected chi connectivity index (χ3v) is 3.75. The van der Waals surface area contributed by atoms with Gasteiger partial charge < -0.3 is 20.6 Å². The fourth-order valence-electron chi connectivity index (χ4n) is 1.45. The van der Waals surface area contributed by atoms with Crippen molar-refractivity contribution in [2.24, 2.45) is 0 Å². The molecule has 0 radical (unpaired) electrons. The Kier molecular flexibility index (Phi) is 4.69. The van der Waals surface area contributed by atoms with Crippen LogP contribution in [0, 0.1) is 0 Å². The summed E-state index contributed by atoms with van der Waals surface area (Å²) in [5, 5.41) is 30.3. The molecule has 1 rings (SSSR count). The highest BCUT2D eigenvalue weighted by atomic mass is 32.2. The molecule has 1 aromatic carbocycles. The molecule has 0 aliphatic rings. The van der Waals surface area contributed by atoms with E-state index in [1.807, 2.05) is 0 Å². The average Bonchev–Trinajstić information content (AvgIpc) is 2.35. The first kappa shape index (κ1) is 14.9. The van der Waals surface area contributed by atoms with Gasteiger partial charge in [-0.2, -0.15) is 0 Å². The van der Waals surface area contributed by atoms with Gasteiger partial charge >= 0.3 is 0 Å². The van der Waals surface area contributed by atoms with Gasteiger partial charge in [0.25, 0.3) is 0 Å². The molecule has 0 bridgehead atoms. The molecule has 102 valence electrons. The standard InChI is InChI=1S/C11H17NO5S/c1-18(16,17)10-5-3-2-4-9(10)12-11(6-13,7-14)8-15/h2-5,12-15H,6-8H2,1H3. The van der Waals surface area contributed by atoms with Gasteiger partial charge in [0.15, 0.2) is 9.84 Å². The van der Waals surface area contributed by atoms with Crippen LogP contribution in [-0.4, -0.2) is 55.4 Å². The van der Waals surface area contributed by atoms with Crippen molar-refractivity contribution in [1.82, 2.24) is 0 Å². The molecule has 0 aliphatic heterocycles. The number of benzene rings is 1. The summed E-state index contributed by atoms with van der Waals surface area (Å²) in [6.07, 6.45) is 1.06. The summed E-state index contributed by atoms with van der Waals surface area (Å²) in [5.74, 6) is 0. The Balaban J connectivity index is 3.19. The Morgan fingerprint density at radius 2 is 1.61 bits per heavy atom. The highest BCUT2D eigenvalue weighted by Gasteiger charge is 2.29. The van der Waals surface area contributed by atoms with Crippen LogP contribution in [0.1, 0.15) is 0 Å². The minimum absolute atomic E-state index is 0.0460. The van der Waals surface area contributed by atoms with Crippen molar-refractivity contribution in [2.45, 2.75) is 10.4 Å². The van der Waals surface area contributed by atoms with Crippen LogP contribution in [0.25, 0.3) is 0 Å². The summed E-state index contributed by atoms with van der Waals surface area (Å²) in [4.78, 5) is 0.0460. The second-order valence-corrected chi connectivity index (χ2v) is 6.13. The second kappa shape index (κ2) is 5.66. The normalized spacial score (nSPS) is 12.4. The van der Waals surface area contributed by atoms with Crippen molar-refractivity contribution < 1.29 is 23.7 Å². The van der Waals surface area contributed by atoms with E-state index in [-0.39, 0.29) is 10.6 Å². The third kappa shape index (κ3) is 3.20. The van der Waals surface area contributed by atoms with E-state index >= 15 is 0 Å². The number of para-hydroxylation sites is 1. The number of nitrogens with one attached hydrogen (secondary N) is 1.